The second kappa shape index (κ2) is 6.50. The van der Waals surface area contributed by atoms with Gasteiger partial charge in [0, 0.05) is 12.6 Å². The van der Waals surface area contributed by atoms with E-state index in [1.54, 1.807) is 18.2 Å². The van der Waals surface area contributed by atoms with Gasteiger partial charge in [-0.15, -0.1) is 0 Å². The number of rotatable bonds is 4. The Morgan fingerprint density at radius 3 is 2.42 bits per heavy atom. The minimum Gasteiger partial charge on any atom is -0.348 e. The third-order valence-electron chi connectivity index (χ3n) is 2.61. The summed E-state index contributed by atoms with van der Waals surface area (Å²) in [6.07, 6.45) is 3.09. The zero-order valence-corrected chi connectivity index (χ0v) is 10.3. The van der Waals surface area contributed by atoms with Crippen LogP contribution in [0.15, 0.2) is 60.7 Å². The van der Waals surface area contributed by atoms with E-state index in [-0.39, 0.29) is 11.7 Å². The lowest BCUT2D eigenvalue weighted by atomic mass is 10.2. The lowest BCUT2D eigenvalue weighted by Gasteiger charge is -2.01. The van der Waals surface area contributed by atoms with Crippen LogP contribution >= 0.6 is 0 Å². The Kier molecular flexibility index (Phi) is 4.45. The Morgan fingerprint density at radius 1 is 1.05 bits per heavy atom. The van der Waals surface area contributed by atoms with Crippen molar-refractivity contribution in [3.63, 3.8) is 0 Å². The molecule has 1 N–H and O–H groups in total. The fourth-order valence-corrected chi connectivity index (χ4v) is 1.59. The molecule has 2 aromatic rings. The van der Waals surface area contributed by atoms with Crippen LogP contribution in [0.5, 0.6) is 0 Å². The van der Waals surface area contributed by atoms with Gasteiger partial charge in [-0.2, -0.15) is 0 Å². The molecule has 0 unspecified atom stereocenters. The number of hydrogen-bond acceptors (Lipinski definition) is 1. The number of halogens is 1. The smallest absolute Gasteiger partial charge is 0.244 e. The molecule has 1 amide bonds. The van der Waals surface area contributed by atoms with Gasteiger partial charge in [0.05, 0.1) is 0 Å². The minimum absolute atomic E-state index is 0.173. The molecule has 0 aliphatic carbocycles. The van der Waals surface area contributed by atoms with Crippen LogP contribution in [0.3, 0.4) is 0 Å². The molecule has 3 heteroatoms. The Bertz CT molecular complexity index is 561. The second-order valence-electron chi connectivity index (χ2n) is 4.09. The van der Waals surface area contributed by atoms with Crippen LogP contribution in [0.25, 0.3) is 6.08 Å². The van der Waals surface area contributed by atoms with Crippen molar-refractivity contribution in [1.29, 1.82) is 0 Å². The number of carbonyl (C=O) groups excluding carboxylic acids is 1. The first kappa shape index (κ1) is 13.0. The SMILES string of the molecule is O=C(/C=C\c1ccc(F)cc1)NCc1ccccc1. The molecule has 0 atom stereocenters. The second-order valence-corrected chi connectivity index (χ2v) is 4.09. The largest absolute Gasteiger partial charge is 0.348 e. The van der Waals surface area contributed by atoms with Crippen molar-refractivity contribution in [3.8, 4) is 0 Å². The molecule has 0 aliphatic rings. The molecule has 0 aliphatic heterocycles. The molecule has 0 bridgehead atoms. The van der Waals surface area contributed by atoms with E-state index in [9.17, 15) is 9.18 Å². The van der Waals surface area contributed by atoms with E-state index < -0.39 is 0 Å². The molecule has 96 valence electrons. The number of benzene rings is 2. The molecule has 19 heavy (non-hydrogen) atoms. The highest BCUT2D eigenvalue weighted by Gasteiger charge is 1.96. The molecule has 2 rings (SSSR count). The number of carbonyl (C=O) groups is 1. The Labute approximate surface area is 111 Å². The van der Waals surface area contributed by atoms with Gasteiger partial charge in [-0.1, -0.05) is 42.5 Å². The first-order valence-electron chi connectivity index (χ1n) is 5.99. The summed E-state index contributed by atoms with van der Waals surface area (Å²) < 4.78 is 12.7. The summed E-state index contributed by atoms with van der Waals surface area (Å²) in [5.74, 6) is -0.459. The maximum atomic E-state index is 12.7. The average Bonchev–Trinajstić information content (AvgIpc) is 2.45. The van der Waals surface area contributed by atoms with Crippen LogP contribution in [0.1, 0.15) is 11.1 Å². The van der Waals surface area contributed by atoms with Crippen LogP contribution in [-0.2, 0) is 11.3 Å². The average molecular weight is 255 g/mol. The number of nitrogens with one attached hydrogen (secondary N) is 1. The van der Waals surface area contributed by atoms with Crippen molar-refractivity contribution >= 4 is 12.0 Å². The van der Waals surface area contributed by atoms with Gasteiger partial charge >= 0.3 is 0 Å². The standard InChI is InChI=1S/C16H14FNO/c17-15-9-6-13(7-10-15)8-11-16(19)18-12-14-4-2-1-3-5-14/h1-11H,12H2,(H,18,19)/b11-8-. The number of amides is 1. The van der Waals surface area contributed by atoms with Crippen molar-refractivity contribution in [2.45, 2.75) is 6.54 Å². The first-order valence-corrected chi connectivity index (χ1v) is 5.99. The van der Waals surface area contributed by atoms with E-state index in [1.807, 2.05) is 30.3 Å². The molecule has 0 saturated carbocycles. The van der Waals surface area contributed by atoms with Crippen molar-refractivity contribution in [2.75, 3.05) is 0 Å². The zero-order chi connectivity index (χ0) is 13.5. The van der Waals surface area contributed by atoms with Gasteiger partial charge in [0.1, 0.15) is 5.82 Å². The van der Waals surface area contributed by atoms with Crippen molar-refractivity contribution in [1.82, 2.24) is 5.32 Å². The predicted molar refractivity (Wildman–Crippen MR) is 73.7 cm³/mol. The molecule has 0 saturated heterocycles. The van der Waals surface area contributed by atoms with Crippen LogP contribution in [0.2, 0.25) is 0 Å². The third-order valence-corrected chi connectivity index (χ3v) is 2.61. The van der Waals surface area contributed by atoms with Gasteiger partial charge in [0.2, 0.25) is 5.91 Å². The summed E-state index contributed by atoms with van der Waals surface area (Å²) in [5, 5.41) is 2.78. The zero-order valence-electron chi connectivity index (χ0n) is 10.3. The summed E-state index contributed by atoms with van der Waals surface area (Å²) in [4.78, 5) is 11.6. The maximum absolute atomic E-state index is 12.7. The topological polar surface area (TPSA) is 29.1 Å². The van der Waals surface area contributed by atoms with Gasteiger partial charge in [0.25, 0.3) is 0 Å². The van der Waals surface area contributed by atoms with Gasteiger partial charge in [-0.25, -0.2) is 4.39 Å². The number of hydrogen-bond donors (Lipinski definition) is 1. The summed E-state index contributed by atoms with van der Waals surface area (Å²) in [6, 6.07) is 15.6. The quantitative estimate of drug-likeness (QED) is 0.835. The molecule has 0 spiro atoms. The molecule has 0 fully saturated rings. The van der Waals surface area contributed by atoms with E-state index in [0.717, 1.165) is 11.1 Å². The van der Waals surface area contributed by atoms with Crippen molar-refractivity contribution < 1.29 is 9.18 Å². The van der Waals surface area contributed by atoms with Crippen LogP contribution in [0.4, 0.5) is 4.39 Å². The van der Waals surface area contributed by atoms with Crippen LogP contribution in [-0.4, -0.2) is 5.91 Å². The Hall–Kier alpha value is -2.42. The highest BCUT2D eigenvalue weighted by Crippen LogP contribution is 2.04. The Morgan fingerprint density at radius 2 is 1.74 bits per heavy atom. The third kappa shape index (κ3) is 4.39. The van der Waals surface area contributed by atoms with Gasteiger partial charge in [0.15, 0.2) is 0 Å². The molecular formula is C16H14FNO. The van der Waals surface area contributed by atoms with E-state index in [1.165, 1.54) is 18.2 Å². The molecular weight excluding hydrogens is 241 g/mol. The lowest BCUT2D eigenvalue weighted by molar-refractivity contribution is -0.116. The highest BCUT2D eigenvalue weighted by molar-refractivity contribution is 5.91. The molecule has 0 aromatic heterocycles. The van der Waals surface area contributed by atoms with E-state index in [0.29, 0.717) is 6.54 Å². The van der Waals surface area contributed by atoms with Gasteiger partial charge in [-0.3, -0.25) is 4.79 Å². The molecule has 2 aromatic carbocycles. The normalized spacial score (nSPS) is 10.6. The molecule has 2 nitrogen and oxygen atoms in total. The summed E-state index contributed by atoms with van der Waals surface area (Å²) >= 11 is 0. The fraction of sp³-hybridized carbons (Fsp3) is 0.0625. The van der Waals surface area contributed by atoms with E-state index in [4.69, 9.17) is 0 Å². The van der Waals surface area contributed by atoms with Gasteiger partial charge in [-0.05, 0) is 29.3 Å². The Balaban J connectivity index is 1.86. The fourth-order valence-electron chi connectivity index (χ4n) is 1.59. The van der Waals surface area contributed by atoms with Crippen LogP contribution in [0, 0.1) is 5.82 Å². The van der Waals surface area contributed by atoms with Crippen molar-refractivity contribution in [3.05, 3.63) is 77.6 Å². The first-order chi connectivity index (χ1) is 9.24. The van der Waals surface area contributed by atoms with Crippen molar-refractivity contribution in [2.24, 2.45) is 0 Å². The van der Waals surface area contributed by atoms with E-state index in [2.05, 4.69) is 5.32 Å². The molecule has 0 heterocycles. The summed E-state index contributed by atoms with van der Waals surface area (Å²) in [7, 11) is 0. The summed E-state index contributed by atoms with van der Waals surface area (Å²) in [5.41, 5.74) is 1.84. The maximum Gasteiger partial charge on any atom is 0.244 e. The molecule has 0 radical (unpaired) electrons. The monoisotopic (exact) mass is 255 g/mol. The predicted octanol–water partition coefficient (Wildman–Crippen LogP) is 3.16. The van der Waals surface area contributed by atoms with E-state index >= 15 is 0 Å². The van der Waals surface area contributed by atoms with Gasteiger partial charge < -0.3 is 5.32 Å². The highest BCUT2D eigenvalue weighted by atomic mass is 19.1. The lowest BCUT2D eigenvalue weighted by Crippen LogP contribution is -2.20. The van der Waals surface area contributed by atoms with Crippen LogP contribution < -0.4 is 5.32 Å². The summed E-state index contributed by atoms with van der Waals surface area (Å²) in [6.45, 7) is 0.493. The minimum atomic E-state index is -0.286.